The number of pyridine rings is 1. The predicted molar refractivity (Wildman–Crippen MR) is 48.0 cm³/mol. The highest BCUT2D eigenvalue weighted by Gasteiger charge is 1.98. The van der Waals surface area contributed by atoms with Gasteiger partial charge in [-0.1, -0.05) is 13.3 Å². The Balaban J connectivity index is 2.46. The minimum absolute atomic E-state index is 0.938. The summed E-state index contributed by atoms with van der Waals surface area (Å²) < 4.78 is 5.26. The van der Waals surface area contributed by atoms with Gasteiger partial charge in [-0.2, -0.15) is 0 Å². The van der Waals surface area contributed by atoms with Crippen molar-refractivity contribution in [2.24, 2.45) is 0 Å². The van der Waals surface area contributed by atoms with Crippen LogP contribution in [0.25, 0.3) is 11.0 Å². The van der Waals surface area contributed by atoms with Gasteiger partial charge in [0.25, 0.3) is 0 Å². The number of hydrogen-bond donors (Lipinski definition) is 0. The van der Waals surface area contributed by atoms with Crippen molar-refractivity contribution in [3.05, 3.63) is 30.3 Å². The summed E-state index contributed by atoms with van der Waals surface area (Å²) >= 11 is 0. The van der Waals surface area contributed by atoms with E-state index in [0.29, 0.717) is 0 Å². The highest BCUT2D eigenvalue weighted by molar-refractivity contribution is 5.76. The maximum Gasteiger partial charge on any atom is 0.137 e. The minimum atomic E-state index is 0.938. The summed E-state index contributed by atoms with van der Waals surface area (Å²) in [5.74, 6) is 0. The molecule has 0 atom stereocenters. The van der Waals surface area contributed by atoms with Crippen LogP contribution in [0.4, 0.5) is 0 Å². The molecule has 2 rings (SSSR count). The van der Waals surface area contributed by atoms with E-state index in [4.69, 9.17) is 4.42 Å². The lowest BCUT2D eigenvalue weighted by molar-refractivity contribution is 0.614. The average Bonchev–Trinajstić information content (AvgIpc) is 2.51. The van der Waals surface area contributed by atoms with E-state index in [9.17, 15) is 0 Å². The third kappa shape index (κ3) is 1.20. The fraction of sp³-hybridized carbons (Fsp3) is 0.300. The van der Waals surface area contributed by atoms with Gasteiger partial charge in [-0.15, -0.1) is 0 Å². The monoisotopic (exact) mass is 161 g/mol. The standard InChI is InChI=1S/C10H11NO/c1-2-3-9-6-10-8(7-11-9)4-5-12-10/h4-7H,2-3H2,1H3. The molecule has 0 amide bonds. The molecule has 0 aliphatic heterocycles. The maximum atomic E-state index is 5.26. The molecule has 0 saturated carbocycles. The van der Waals surface area contributed by atoms with Crippen LogP contribution in [-0.4, -0.2) is 4.98 Å². The molecule has 0 aliphatic carbocycles. The Bertz CT molecular complexity index is 378. The number of hydrogen-bond acceptors (Lipinski definition) is 2. The smallest absolute Gasteiger partial charge is 0.137 e. The molecule has 12 heavy (non-hydrogen) atoms. The van der Waals surface area contributed by atoms with E-state index in [1.54, 1.807) is 6.26 Å². The largest absolute Gasteiger partial charge is 0.464 e. The fourth-order valence-electron chi connectivity index (χ4n) is 1.29. The zero-order chi connectivity index (χ0) is 8.39. The lowest BCUT2D eigenvalue weighted by Crippen LogP contribution is -1.86. The van der Waals surface area contributed by atoms with Crippen LogP contribution < -0.4 is 0 Å². The first-order chi connectivity index (χ1) is 5.90. The maximum absolute atomic E-state index is 5.26. The van der Waals surface area contributed by atoms with E-state index in [1.807, 2.05) is 18.3 Å². The molecule has 0 spiro atoms. The van der Waals surface area contributed by atoms with Gasteiger partial charge in [0.2, 0.25) is 0 Å². The van der Waals surface area contributed by atoms with Gasteiger partial charge in [-0.3, -0.25) is 4.98 Å². The molecule has 2 heterocycles. The molecule has 2 heteroatoms. The van der Waals surface area contributed by atoms with Crippen LogP contribution in [0.1, 0.15) is 19.0 Å². The number of aromatic nitrogens is 1. The van der Waals surface area contributed by atoms with Crippen molar-refractivity contribution in [3.8, 4) is 0 Å². The molecule has 0 fully saturated rings. The third-order valence-corrected chi connectivity index (χ3v) is 1.90. The lowest BCUT2D eigenvalue weighted by Gasteiger charge is -1.95. The lowest BCUT2D eigenvalue weighted by atomic mass is 10.2. The summed E-state index contributed by atoms with van der Waals surface area (Å²) in [5.41, 5.74) is 2.05. The summed E-state index contributed by atoms with van der Waals surface area (Å²) in [6.45, 7) is 2.15. The Hall–Kier alpha value is -1.31. The summed E-state index contributed by atoms with van der Waals surface area (Å²) in [7, 11) is 0. The zero-order valence-electron chi connectivity index (χ0n) is 7.08. The van der Waals surface area contributed by atoms with Crippen LogP contribution in [0.3, 0.4) is 0 Å². The first-order valence-corrected chi connectivity index (χ1v) is 4.22. The topological polar surface area (TPSA) is 26.0 Å². The number of furan rings is 1. The molecule has 0 aromatic carbocycles. The van der Waals surface area contributed by atoms with Crippen LogP contribution >= 0.6 is 0 Å². The van der Waals surface area contributed by atoms with E-state index in [2.05, 4.69) is 11.9 Å². The number of nitrogens with zero attached hydrogens (tertiary/aromatic N) is 1. The number of rotatable bonds is 2. The Labute approximate surface area is 71.2 Å². The van der Waals surface area contributed by atoms with E-state index in [-0.39, 0.29) is 0 Å². The van der Waals surface area contributed by atoms with E-state index >= 15 is 0 Å². The van der Waals surface area contributed by atoms with Crippen LogP contribution in [0, 0.1) is 0 Å². The molecule has 0 aliphatic rings. The molecule has 2 nitrogen and oxygen atoms in total. The summed E-state index contributed by atoms with van der Waals surface area (Å²) in [5, 5.41) is 1.08. The molecule has 2 aromatic heterocycles. The van der Waals surface area contributed by atoms with Crippen molar-refractivity contribution in [3.63, 3.8) is 0 Å². The summed E-state index contributed by atoms with van der Waals surface area (Å²) in [6.07, 6.45) is 5.71. The molecule has 0 radical (unpaired) electrons. The highest BCUT2D eigenvalue weighted by atomic mass is 16.3. The van der Waals surface area contributed by atoms with E-state index in [1.165, 1.54) is 0 Å². The predicted octanol–water partition coefficient (Wildman–Crippen LogP) is 2.78. The van der Waals surface area contributed by atoms with Gasteiger partial charge in [-0.05, 0) is 12.5 Å². The van der Waals surface area contributed by atoms with Crippen LogP contribution in [-0.2, 0) is 6.42 Å². The van der Waals surface area contributed by atoms with Crippen LogP contribution in [0.15, 0.2) is 29.0 Å². The van der Waals surface area contributed by atoms with Crippen LogP contribution in [0.5, 0.6) is 0 Å². The Morgan fingerprint density at radius 1 is 1.50 bits per heavy atom. The first-order valence-electron chi connectivity index (χ1n) is 4.22. The Morgan fingerprint density at radius 3 is 3.25 bits per heavy atom. The Morgan fingerprint density at radius 2 is 2.42 bits per heavy atom. The second-order valence-corrected chi connectivity index (χ2v) is 2.88. The summed E-state index contributed by atoms with van der Waals surface area (Å²) in [6, 6.07) is 3.94. The number of aryl methyl sites for hydroxylation is 1. The van der Waals surface area contributed by atoms with Gasteiger partial charge in [0, 0.05) is 23.3 Å². The molecule has 0 saturated heterocycles. The van der Waals surface area contributed by atoms with E-state index in [0.717, 1.165) is 29.5 Å². The normalized spacial score (nSPS) is 10.8. The van der Waals surface area contributed by atoms with Gasteiger partial charge >= 0.3 is 0 Å². The zero-order valence-corrected chi connectivity index (χ0v) is 7.08. The Kier molecular flexibility index (Phi) is 1.82. The van der Waals surface area contributed by atoms with Gasteiger partial charge in [0.1, 0.15) is 5.58 Å². The van der Waals surface area contributed by atoms with Gasteiger partial charge < -0.3 is 4.42 Å². The van der Waals surface area contributed by atoms with Crippen molar-refractivity contribution >= 4 is 11.0 Å². The second-order valence-electron chi connectivity index (χ2n) is 2.88. The van der Waals surface area contributed by atoms with Crippen LogP contribution in [0.2, 0.25) is 0 Å². The fourth-order valence-corrected chi connectivity index (χ4v) is 1.29. The molecule has 0 unspecified atom stereocenters. The minimum Gasteiger partial charge on any atom is -0.464 e. The first kappa shape index (κ1) is 7.35. The molecule has 2 aromatic rings. The van der Waals surface area contributed by atoms with Crippen molar-refractivity contribution in [1.29, 1.82) is 0 Å². The third-order valence-electron chi connectivity index (χ3n) is 1.90. The second kappa shape index (κ2) is 2.97. The molecule has 0 N–H and O–H groups in total. The average molecular weight is 161 g/mol. The van der Waals surface area contributed by atoms with E-state index < -0.39 is 0 Å². The van der Waals surface area contributed by atoms with Crippen molar-refractivity contribution in [2.45, 2.75) is 19.8 Å². The molecule has 0 bridgehead atoms. The van der Waals surface area contributed by atoms with Crippen molar-refractivity contribution in [1.82, 2.24) is 4.98 Å². The van der Waals surface area contributed by atoms with Gasteiger partial charge in [0.15, 0.2) is 0 Å². The van der Waals surface area contributed by atoms with Crippen molar-refractivity contribution in [2.75, 3.05) is 0 Å². The van der Waals surface area contributed by atoms with Gasteiger partial charge in [-0.25, -0.2) is 0 Å². The van der Waals surface area contributed by atoms with Crippen molar-refractivity contribution < 1.29 is 4.42 Å². The molecular formula is C10H11NO. The molecular weight excluding hydrogens is 150 g/mol. The summed E-state index contributed by atoms with van der Waals surface area (Å²) in [4.78, 5) is 4.31. The number of fused-ring (bicyclic) bond motifs is 1. The molecule has 62 valence electrons. The van der Waals surface area contributed by atoms with Gasteiger partial charge in [0.05, 0.1) is 6.26 Å². The SMILES string of the molecule is CCCc1cc2occc2cn1. The highest BCUT2D eigenvalue weighted by Crippen LogP contribution is 2.15. The quantitative estimate of drug-likeness (QED) is 0.676.